The number of carbonyl (C=O) groups excluding carboxylic acids is 1. The Kier molecular flexibility index (Phi) is 6.97. The van der Waals surface area contributed by atoms with Gasteiger partial charge in [-0.3, -0.25) is 0 Å². The van der Waals surface area contributed by atoms with Gasteiger partial charge in [-0.25, -0.2) is 4.79 Å². The van der Waals surface area contributed by atoms with Crippen molar-refractivity contribution >= 4 is 23.0 Å². The molecule has 0 radical (unpaired) electrons. The molecule has 0 aliphatic carbocycles. The molecule has 0 saturated heterocycles. The van der Waals surface area contributed by atoms with Crippen LogP contribution in [0.4, 0.5) is 24.5 Å². The Balaban J connectivity index is 1.80. The number of carbonyl (C=O) groups is 1. The summed E-state index contributed by atoms with van der Waals surface area (Å²) >= 11 is 0. The fraction of sp³-hybridized carbons (Fsp3) is 0.250. The van der Waals surface area contributed by atoms with Gasteiger partial charge < -0.3 is 20.1 Å². The first-order chi connectivity index (χ1) is 17.1. The molecule has 0 bridgehead atoms. The molecule has 1 aliphatic heterocycles. The van der Waals surface area contributed by atoms with Crippen molar-refractivity contribution in [2.24, 2.45) is 0 Å². The van der Waals surface area contributed by atoms with Crippen LogP contribution in [0.3, 0.4) is 0 Å². The number of nitrogen functional groups attached to an aromatic ring is 1. The van der Waals surface area contributed by atoms with E-state index in [0.29, 0.717) is 45.9 Å². The second-order valence-electron chi connectivity index (χ2n) is 8.73. The minimum absolute atomic E-state index is 0.0934. The standard InChI is InChI=1S/C28H27F3N2O3/c1-17-9-11-25(33(17)21-14-22(27(34)35-3)18(2)24(32)15-21)23-13-20(28(29,30)31)10-12-26(23)36-16-19-7-5-4-6-8-19/h4-8,10-15,17H,9,16,32H2,1-3H3. The Morgan fingerprint density at radius 2 is 1.83 bits per heavy atom. The van der Waals surface area contributed by atoms with E-state index in [-0.39, 0.29) is 12.6 Å². The van der Waals surface area contributed by atoms with Crippen LogP contribution in [0.2, 0.25) is 0 Å². The van der Waals surface area contributed by atoms with Gasteiger partial charge in [0.15, 0.2) is 0 Å². The molecule has 2 N–H and O–H groups in total. The van der Waals surface area contributed by atoms with E-state index in [9.17, 15) is 18.0 Å². The van der Waals surface area contributed by atoms with E-state index in [1.807, 2.05) is 48.2 Å². The van der Waals surface area contributed by atoms with E-state index in [1.165, 1.54) is 13.2 Å². The monoisotopic (exact) mass is 496 g/mol. The lowest BCUT2D eigenvalue weighted by Gasteiger charge is -2.30. The third kappa shape index (κ3) is 5.03. The average Bonchev–Trinajstić information content (AvgIpc) is 3.24. The van der Waals surface area contributed by atoms with E-state index in [2.05, 4.69) is 0 Å². The van der Waals surface area contributed by atoms with Gasteiger partial charge in [-0.2, -0.15) is 13.2 Å². The number of nitrogens with two attached hydrogens (primary N) is 1. The highest BCUT2D eigenvalue weighted by Crippen LogP contribution is 2.42. The van der Waals surface area contributed by atoms with Gasteiger partial charge in [0, 0.05) is 28.7 Å². The number of ether oxygens (including phenoxy) is 2. The fourth-order valence-corrected chi connectivity index (χ4v) is 4.31. The Bertz CT molecular complexity index is 1300. The number of nitrogens with zero attached hydrogens (tertiary/aromatic N) is 1. The number of anilines is 2. The van der Waals surface area contributed by atoms with Crippen LogP contribution in [0.5, 0.6) is 5.75 Å². The number of esters is 1. The number of methoxy groups -OCH3 is 1. The fourth-order valence-electron chi connectivity index (χ4n) is 4.31. The molecule has 5 nitrogen and oxygen atoms in total. The maximum Gasteiger partial charge on any atom is 0.416 e. The molecule has 3 aromatic rings. The van der Waals surface area contributed by atoms with E-state index in [1.54, 1.807) is 19.1 Å². The third-order valence-electron chi connectivity index (χ3n) is 6.29. The SMILES string of the molecule is COC(=O)c1cc(N2C(c3cc(C(F)(F)F)ccc3OCc3ccccc3)=CCC2C)cc(N)c1C. The normalized spacial score (nSPS) is 15.6. The molecule has 1 heterocycles. The first-order valence-electron chi connectivity index (χ1n) is 11.5. The number of hydrogen-bond donors (Lipinski definition) is 1. The van der Waals surface area contributed by atoms with Crippen molar-refractivity contribution in [3.63, 3.8) is 0 Å². The molecule has 0 saturated carbocycles. The largest absolute Gasteiger partial charge is 0.488 e. The Morgan fingerprint density at radius 3 is 2.50 bits per heavy atom. The lowest BCUT2D eigenvalue weighted by atomic mass is 10.0. The summed E-state index contributed by atoms with van der Waals surface area (Å²) in [4.78, 5) is 14.2. The van der Waals surface area contributed by atoms with Gasteiger partial charge in [0.2, 0.25) is 0 Å². The Hall–Kier alpha value is -3.94. The van der Waals surface area contributed by atoms with Crippen molar-refractivity contribution in [1.82, 2.24) is 0 Å². The third-order valence-corrected chi connectivity index (χ3v) is 6.29. The molecule has 0 spiro atoms. The molecular formula is C28H27F3N2O3. The Labute approximate surface area is 207 Å². The molecule has 1 aliphatic rings. The van der Waals surface area contributed by atoms with E-state index in [0.717, 1.165) is 17.7 Å². The zero-order valence-corrected chi connectivity index (χ0v) is 20.2. The number of hydrogen-bond acceptors (Lipinski definition) is 5. The highest BCUT2D eigenvalue weighted by Gasteiger charge is 2.34. The van der Waals surface area contributed by atoms with Crippen LogP contribution >= 0.6 is 0 Å². The van der Waals surface area contributed by atoms with Gasteiger partial charge in [-0.15, -0.1) is 0 Å². The van der Waals surface area contributed by atoms with Crippen molar-refractivity contribution < 1.29 is 27.4 Å². The summed E-state index contributed by atoms with van der Waals surface area (Å²) in [5.74, 6) is -0.213. The molecule has 36 heavy (non-hydrogen) atoms. The lowest BCUT2D eigenvalue weighted by Crippen LogP contribution is -2.27. The Morgan fingerprint density at radius 1 is 1.11 bits per heavy atom. The number of halogens is 3. The predicted octanol–water partition coefficient (Wildman–Crippen LogP) is 6.60. The summed E-state index contributed by atoms with van der Waals surface area (Å²) in [5, 5.41) is 0. The predicted molar refractivity (Wildman–Crippen MR) is 134 cm³/mol. The first kappa shape index (κ1) is 25.2. The van der Waals surface area contributed by atoms with Crippen LogP contribution in [0.25, 0.3) is 5.70 Å². The zero-order valence-electron chi connectivity index (χ0n) is 20.2. The smallest absolute Gasteiger partial charge is 0.416 e. The number of alkyl halides is 3. The second kappa shape index (κ2) is 9.97. The molecule has 0 fully saturated rings. The van der Waals surface area contributed by atoms with Gasteiger partial charge in [0.05, 0.1) is 18.2 Å². The van der Waals surface area contributed by atoms with Gasteiger partial charge in [-0.1, -0.05) is 36.4 Å². The van der Waals surface area contributed by atoms with Crippen LogP contribution < -0.4 is 15.4 Å². The van der Waals surface area contributed by atoms with Crippen molar-refractivity contribution in [3.8, 4) is 5.75 Å². The average molecular weight is 497 g/mol. The van der Waals surface area contributed by atoms with Crippen LogP contribution in [-0.4, -0.2) is 19.1 Å². The summed E-state index contributed by atoms with van der Waals surface area (Å²) in [6, 6.07) is 16.2. The molecule has 1 atom stereocenters. The number of rotatable bonds is 6. The molecule has 0 aromatic heterocycles. The minimum atomic E-state index is -4.52. The highest BCUT2D eigenvalue weighted by molar-refractivity contribution is 5.96. The lowest BCUT2D eigenvalue weighted by molar-refractivity contribution is -0.137. The van der Waals surface area contributed by atoms with Crippen molar-refractivity contribution in [2.75, 3.05) is 17.7 Å². The van der Waals surface area contributed by atoms with E-state index in [4.69, 9.17) is 15.2 Å². The minimum Gasteiger partial charge on any atom is -0.488 e. The zero-order chi connectivity index (χ0) is 26.0. The maximum absolute atomic E-state index is 13.7. The summed E-state index contributed by atoms with van der Waals surface area (Å²) in [5.41, 5.74) is 9.03. The summed E-state index contributed by atoms with van der Waals surface area (Å²) in [6.07, 6.45) is -2.05. The topological polar surface area (TPSA) is 64.8 Å². The molecular weight excluding hydrogens is 469 g/mol. The molecule has 1 unspecified atom stereocenters. The molecule has 8 heteroatoms. The van der Waals surface area contributed by atoms with Crippen LogP contribution in [-0.2, 0) is 17.5 Å². The van der Waals surface area contributed by atoms with Crippen molar-refractivity contribution in [2.45, 2.75) is 39.1 Å². The maximum atomic E-state index is 13.7. The van der Waals surface area contributed by atoms with E-state index >= 15 is 0 Å². The summed E-state index contributed by atoms with van der Waals surface area (Å²) in [6.45, 7) is 3.87. The molecule has 0 amide bonds. The first-order valence-corrected chi connectivity index (χ1v) is 11.5. The van der Waals surface area contributed by atoms with Gasteiger partial charge in [-0.05, 0) is 61.7 Å². The molecule has 4 rings (SSSR count). The van der Waals surface area contributed by atoms with Gasteiger partial charge in [0.25, 0.3) is 0 Å². The van der Waals surface area contributed by atoms with Gasteiger partial charge >= 0.3 is 12.1 Å². The second-order valence-corrected chi connectivity index (χ2v) is 8.73. The summed E-state index contributed by atoms with van der Waals surface area (Å²) < 4.78 is 51.9. The van der Waals surface area contributed by atoms with Crippen LogP contribution in [0.15, 0.2) is 66.7 Å². The van der Waals surface area contributed by atoms with Gasteiger partial charge in [0.1, 0.15) is 12.4 Å². The van der Waals surface area contributed by atoms with E-state index < -0.39 is 17.7 Å². The molecule has 188 valence electrons. The van der Waals surface area contributed by atoms with Crippen molar-refractivity contribution in [1.29, 1.82) is 0 Å². The van der Waals surface area contributed by atoms with Crippen molar-refractivity contribution in [3.05, 3.63) is 94.6 Å². The van der Waals surface area contributed by atoms with Crippen LogP contribution in [0, 0.1) is 6.92 Å². The highest BCUT2D eigenvalue weighted by atomic mass is 19.4. The quantitative estimate of drug-likeness (QED) is 0.308. The number of benzene rings is 3. The van der Waals surface area contributed by atoms with Crippen LogP contribution in [0.1, 0.15) is 46.0 Å². The molecule has 3 aromatic carbocycles. The summed E-state index contributed by atoms with van der Waals surface area (Å²) in [7, 11) is 1.29.